The van der Waals surface area contributed by atoms with Crippen molar-refractivity contribution in [3.63, 3.8) is 0 Å². The summed E-state index contributed by atoms with van der Waals surface area (Å²) in [6.07, 6.45) is -2.89. The first-order chi connectivity index (χ1) is 9.67. The molecule has 1 heterocycles. The van der Waals surface area contributed by atoms with Crippen LogP contribution in [-0.2, 0) is 9.59 Å². The maximum atomic E-state index is 12.3. The molecular weight excluding hydrogens is 309 g/mol. The van der Waals surface area contributed by atoms with Crippen molar-refractivity contribution in [2.45, 2.75) is 30.8 Å². The quantitative estimate of drug-likeness (QED) is 0.750. The third-order valence-corrected chi connectivity index (χ3v) is 4.53. The number of likely N-dealkylation sites (tertiary alicyclic amines) is 1. The average molecular weight is 328 g/mol. The van der Waals surface area contributed by atoms with Gasteiger partial charge >= 0.3 is 6.18 Å². The number of thioether (sulfide) groups is 1. The first kappa shape index (κ1) is 18.1. The molecule has 1 aliphatic heterocycles. The minimum Gasteiger partial charge on any atom is -0.395 e. The number of hydrogen-bond acceptors (Lipinski definition) is 4. The monoisotopic (exact) mass is 328 g/mol. The molecule has 0 aliphatic carbocycles. The van der Waals surface area contributed by atoms with E-state index in [0.717, 1.165) is 0 Å². The molecular formula is C12H19F3N2O3S. The third-order valence-electron chi connectivity index (χ3n) is 3.37. The Balaban J connectivity index is 2.55. The maximum absolute atomic E-state index is 12.3. The van der Waals surface area contributed by atoms with Crippen molar-refractivity contribution < 1.29 is 27.9 Å². The number of alkyl halides is 3. The van der Waals surface area contributed by atoms with Gasteiger partial charge in [0.2, 0.25) is 11.8 Å². The topological polar surface area (TPSA) is 69.6 Å². The zero-order chi connectivity index (χ0) is 16.2. The number of aliphatic hydroxyl groups is 1. The molecule has 2 N–H and O–H groups in total. The number of hydrogen-bond donors (Lipinski definition) is 2. The van der Waals surface area contributed by atoms with E-state index in [4.69, 9.17) is 5.11 Å². The van der Waals surface area contributed by atoms with E-state index in [1.165, 1.54) is 11.8 Å². The van der Waals surface area contributed by atoms with E-state index < -0.39 is 30.5 Å². The lowest BCUT2D eigenvalue weighted by Gasteiger charge is -2.23. The van der Waals surface area contributed by atoms with Gasteiger partial charge in [-0.3, -0.25) is 9.59 Å². The highest BCUT2D eigenvalue weighted by Crippen LogP contribution is 2.24. The SMILES string of the molecule is CSC(CO)C(C)NC(=O)C1CC(=O)N(CC(F)(F)F)C1. The smallest absolute Gasteiger partial charge is 0.395 e. The van der Waals surface area contributed by atoms with Crippen LogP contribution in [0.3, 0.4) is 0 Å². The van der Waals surface area contributed by atoms with Gasteiger partial charge in [-0.2, -0.15) is 24.9 Å². The number of nitrogens with one attached hydrogen (secondary N) is 1. The van der Waals surface area contributed by atoms with E-state index >= 15 is 0 Å². The fraction of sp³-hybridized carbons (Fsp3) is 0.833. The van der Waals surface area contributed by atoms with Crippen LogP contribution in [0.1, 0.15) is 13.3 Å². The van der Waals surface area contributed by atoms with Gasteiger partial charge in [0.25, 0.3) is 0 Å². The molecule has 3 unspecified atom stereocenters. The van der Waals surface area contributed by atoms with E-state index in [1.807, 2.05) is 0 Å². The molecule has 0 saturated carbocycles. The summed E-state index contributed by atoms with van der Waals surface area (Å²) >= 11 is 1.38. The fourth-order valence-electron chi connectivity index (χ4n) is 2.19. The lowest BCUT2D eigenvalue weighted by Crippen LogP contribution is -2.44. The zero-order valence-corrected chi connectivity index (χ0v) is 12.6. The Kier molecular flexibility index (Phi) is 6.33. The van der Waals surface area contributed by atoms with Crippen molar-refractivity contribution in [3.05, 3.63) is 0 Å². The average Bonchev–Trinajstić information content (AvgIpc) is 2.70. The second-order valence-corrected chi connectivity index (χ2v) is 6.12. The fourth-order valence-corrected chi connectivity index (χ4v) is 2.81. The Morgan fingerprint density at radius 1 is 1.57 bits per heavy atom. The number of amides is 2. The second-order valence-electron chi connectivity index (χ2n) is 5.04. The van der Waals surface area contributed by atoms with Crippen LogP contribution in [-0.4, -0.2) is 65.2 Å². The Morgan fingerprint density at radius 3 is 2.67 bits per heavy atom. The van der Waals surface area contributed by atoms with Gasteiger partial charge in [-0.25, -0.2) is 0 Å². The highest BCUT2D eigenvalue weighted by Gasteiger charge is 2.40. The Morgan fingerprint density at radius 2 is 2.19 bits per heavy atom. The summed E-state index contributed by atoms with van der Waals surface area (Å²) in [4.78, 5) is 24.1. The summed E-state index contributed by atoms with van der Waals surface area (Å²) in [6.45, 7) is 0.0428. The number of halogens is 3. The zero-order valence-electron chi connectivity index (χ0n) is 11.8. The molecule has 0 spiro atoms. The summed E-state index contributed by atoms with van der Waals surface area (Å²) in [5.74, 6) is -1.89. The van der Waals surface area contributed by atoms with Crippen LogP contribution < -0.4 is 5.32 Å². The lowest BCUT2D eigenvalue weighted by molar-refractivity contribution is -0.157. The first-order valence-electron chi connectivity index (χ1n) is 6.46. The molecule has 21 heavy (non-hydrogen) atoms. The molecule has 5 nitrogen and oxygen atoms in total. The van der Waals surface area contributed by atoms with Crippen LogP contribution in [0, 0.1) is 5.92 Å². The van der Waals surface area contributed by atoms with Crippen molar-refractivity contribution in [3.8, 4) is 0 Å². The summed E-state index contributed by atoms with van der Waals surface area (Å²) in [5, 5.41) is 11.6. The molecule has 0 aromatic rings. The number of carbonyl (C=O) groups excluding carboxylic acids is 2. The Bertz CT molecular complexity index is 388. The molecule has 1 rings (SSSR count). The van der Waals surface area contributed by atoms with E-state index in [-0.39, 0.29) is 30.9 Å². The van der Waals surface area contributed by atoms with Gasteiger partial charge in [0.05, 0.1) is 12.5 Å². The number of rotatable bonds is 6. The Labute approximate surface area is 125 Å². The van der Waals surface area contributed by atoms with Crippen molar-refractivity contribution in [1.29, 1.82) is 0 Å². The minimum atomic E-state index is -4.46. The predicted octanol–water partition coefficient (Wildman–Crippen LogP) is 0.626. The van der Waals surface area contributed by atoms with Crippen molar-refractivity contribution in [2.75, 3.05) is 26.0 Å². The Hall–Kier alpha value is -0.960. The van der Waals surface area contributed by atoms with Crippen LogP contribution in [0.15, 0.2) is 0 Å². The molecule has 0 radical (unpaired) electrons. The van der Waals surface area contributed by atoms with E-state index in [2.05, 4.69) is 5.32 Å². The molecule has 3 atom stereocenters. The van der Waals surface area contributed by atoms with Crippen LogP contribution in [0.5, 0.6) is 0 Å². The largest absolute Gasteiger partial charge is 0.406 e. The first-order valence-corrected chi connectivity index (χ1v) is 7.75. The van der Waals surface area contributed by atoms with Gasteiger partial charge in [0, 0.05) is 24.3 Å². The third kappa shape index (κ3) is 5.39. The van der Waals surface area contributed by atoms with Crippen molar-refractivity contribution >= 4 is 23.6 Å². The van der Waals surface area contributed by atoms with Crippen LogP contribution in [0.4, 0.5) is 13.2 Å². The molecule has 0 aromatic heterocycles. The maximum Gasteiger partial charge on any atom is 0.406 e. The van der Waals surface area contributed by atoms with E-state index in [0.29, 0.717) is 4.90 Å². The number of aliphatic hydroxyl groups excluding tert-OH is 1. The number of nitrogens with zero attached hydrogens (tertiary/aromatic N) is 1. The van der Waals surface area contributed by atoms with E-state index in [1.54, 1.807) is 13.2 Å². The molecule has 1 saturated heterocycles. The molecule has 122 valence electrons. The summed E-state index contributed by atoms with van der Waals surface area (Å²) in [6, 6.07) is -0.329. The normalized spacial score (nSPS) is 22.3. The standard InChI is InChI=1S/C12H19F3N2O3S/c1-7(9(5-18)21-2)16-11(20)8-3-10(19)17(4-8)6-12(13,14)15/h7-9,18H,3-6H2,1-2H3,(H,16,20). The van der Waals surface area contributed by atoms with Gasteiger partial charge in [-0.15, -0.1) is 0 Å². The van der Waals surface area contributed by atoms with Gasteiger partial charge < -0.3 is 15.3 Å². The van der Waals surface area contributed by atoms with Crippen molar-refractivity contribution in [1.82, 2.24) is 10.2 Å². The molecule has 9 heteroatoms. The lowest BCUT2D eigenvalue weighted by atomic mass is 10.1. The number of carbonyl (C=O) groups is 2. The highest BCUT2D eigenvalue weighted by atomic mass is 32.2. The van der Waals surface area contributed by atoms with Gasteiger partial charge in [0.1, 0.15) is 6.54 Å². The summed E-state index contributed by atoms with van der Waals surface area (Å²) in [5.41, 5.74) is 0. The highest BCUT2D eigenvalue weighted by molar-refractivity contribution is 7.99. The van der Waals surface area contributed by atoms with Crippen LogP contribution in [0.25, 0.3) is 0 Å². The molecule has 1 fully saturated rings. The second kappa shape index (κ2) is 7.35. The van der Waals surface area contributed by atoms with Crippen LogP contribution in [0.2, 0.25) is 0 Å². The molecule has 0 bridgehead atoms. The van der Waals surface area contributed by atoms with Gasteiger partial charge in [-0.05, 0) is 13.2 Å². The van der Waals surface area contributed by atoms with Gasteiger partial charge in [0.15, 0.2) is 0 Å². The van der Waals surface area contributed by atoms with Gasteiger partial charge in [-0.1, -0.05) is 0 Å². The van der Waals surface area contributed by atoms with E-state index in [9.17, 15) is 22.8 Å². The molecule has 0 aromatic carbocycles. The van der Waals surface area contributed by atoms with Crippen LogP contribution >= 0.6 is 11.8 Å². The van der Waals surface area contributed by atoms with Crippen molar-refractivity contribution in [2.24, 2.45) is 5.92 Å². The molecule has 1 aliphatic rings. The predicted molar refractivity (Wildman–Crippen MR) is 72.7 cm³/mol. The summed E-state index contributed by atoms with van der Waals surface area (Å²) in [7, 11) is 0. The minimum absolute atomic E-state index is 0.119. The molecule has 2 amide bonds. The summed E-state index contributed by atoms with van der Waals surface area (Å²) < 4.78 is 36.9.